The first-order chi connectivity index (χ1) is 10.1. The number of nitrogens with one attached hydrogen (secondary N) is 1. The minimum absolute atomic E-state index is 0.0167. The zero-order valence-electron chi connectivity index (χ0n) is 11.4. The number of phenolic OH excluding ortho intramolecular Hbond substituents is 1. The van der Waals surface area contributed by atoms with Gasteiger partial charge >= 0.3 is 5.97 Å². The van der Waals surface area contributed by atoms with Crippen molar-refractivity contribution in [2.24, 2.45) is 23.7 Å². The second-order valence-corrected chi connectivity index (χ2v) is 5.72. The van der Waals surface area contributed by atoms with E-state index < -0.39 is 17.8 Å². The molecule has 5 nitrogen and oxygen atoms in total. The molecule has 0 saturated heterocycles. The third-order valence-electron chi connectivity index (χ3n) is 4.45. The van der Waals surface area contributed by atoms with Gasteiger partial charge in [-0.1, -0.05) is 24.3 Å². The van der Waals surface area contributed by atoms with E-state index in [-0.39, 0.29) is 23.5 Å². The molecule has 3 rings (SSSR count). The Labute approximate surface area is 122 Å². The molecule has 2 aliphatic rings. The van der Waals surface area contributed by atoms with Gasteiger partial charge in [-0.3, -0.25) is 9.59 Å². The number of hydrogen-bond donors (Lipinski definition) is 3. The lowest BCUT2D eigenvalue weighted by Crippen LogP contribution is -2.39. The maximum Gasteiger partial charge on any atom is 0.307 e. The van der Waals surface area contributed by atoms with Crippen molar-refractivity contribution in [3.05, 3.63) is 42.0 Å². The normalized spacial score (nSPS) is 29.5. The minimum Gasteiger partial charge on any atom is -0.508 e. The monoisotopic (exact) mass is 287 g/mol. The fourth-order valence-corrected chi connectivity index (χ4v) is 3.44. The molecule has 1 amide bonds. The number of benzene rings is 1. The first-order valence-electron chi connectivity index (χ1n) is 7.03. The summed E-state index contributed by atoms with van der Waals surface area (Å²) in [5.41, 5.74) is 0.867. The van der Waals surface area contributed by atoms with Crippen molar-refractivity contribution in [3.8, 4) is 5.75 Å². The van der Waals surface area contributed by atoms with E-state index in [0.29, 0.717) is 6.54 Å². The Balaban J connectivity index is 1.66. The molecule has 0 aromatic heterocycles. The van der Waals surface area contributed by atoms with Crippen molar-refractivity contribution in [1.29, 1.82) is 0 Å². The van der Waals surface area contributed by atoms with Crippen LogP contribution in [0.3, 0.4) is 0 Å². The molecule has 0 spiro atoms. The van der Waals surface area contributed by atoms with Crippen LogP contribution in [0.5, 0.6) is 5.75 Å². The van der Waals surface area contributed by atoms with E-state index in [0.717, 1.165) is 12.0 Å². The van der Waals surface area contributed by atoms with E-state index >= 15 is 0 Å². The molecule has 0 aliphatic heterocycles. The number of allylic oxidation sites excluding steroid dienone is 2. The summed E-state index contributed by atoms with van der Waals surface area (Å²) in [6.45, 7) is 0.336. The van der Waals surface area contributed by atoms with Crippen molar-refractivity contribution in [2.75, 3.05) is 0 Å². The highest BCUT2D eigenvalue weighted by Gasteiger charge is 2.51. The zero-order valence-corrected chi connectivity index (χ0v) is 11.4. The van der Waals surface area contributed by atoms with Crippen LogP contribution in [0.2, 0.25) is 0 Å². The topological polar surface area (TPSA) is 86.6 Å². The molecule has 1 aromatic carbocycles. The number of carbonyl (C=O) groups excluding carboxylic acids is 1. The average molecular weight is 287 g/mol. The molecule has 0 radical (unpaired) electrons. The summed E-state index contributed by atoms with van der Waals surface area (Å²) in [5.74, 6) is -1.99. The molecule has 0 heterocycles. The van der Waals surface area contributed by atoms with Gasteiger partial charge in [-0.2, -0.15) is 0 Å². The van der Waals surface area contributed by atoms with Gasteiger partial charge in [0, 0.05) is 6.54 Å². The van der Waals surface area contributed by atoms with E-state index in [1.165, 1.54) is 0 Å². The summed E-state index contributed by atoms with van der Waals surface area (Å²) in [6.07, 6.45) is 4.65. The molecule has 2 bridgehead atoms. The Kier molecular flexibility index (Phi) is 3.41. The number of hydrogen-bond acceptors (Lipinski definition) is 3. The van der Waals surface area contributed by atoms with Crippen molar-refractivity contribution in [1.82, 2.24) is 5.32 Å². The first kappa shape index (κ1) is 13.7. The fraction of sp³-hybridized carbons (Fsp3) is 0.375. The Hall–Kier alpha value is -2.30. The second kappa shape index (κ2) is 5.24. The number of aliphatic carboxylic acids is 1. The van der Waals surface area contributed by atoms with Gasteiger partial charge in [-0.15, -0.1) is 0 Å². The third-order valence-corrected chi connectivity index (χ3v) is 4.45. The highest BCUT2D eigenvalue weighted by Crippen LogP contribution is 2.48. The summed E-state index contributed by atoms with van der Waals surface area (Å²) in [6, 6.07) is 6.57. The van der Waals surface area contributed by atoms with Gasteiger partial charge in [0.05, 0.1) is 11.8 Å². The van der Waals surface area contributed by atoms with E-state index in [2.05, 4.69) is 5.32 Å². The van der Waals surface area contributed by atoms with Gasteiger partial charge in [0.2, 0.25) is 5.91 Å². The first-order valence-corrected chi connectivity index (χ1v) is 7.03. The molecule has 5 heteroatoms. The van der Waals surface area contributed by atoms with Crippen molar-refractivity contribution in [2.45, 2.75) is 13.0 Å². The standard InChI is InChI=1S/C16H17NO4/c18-12-5-1-9(2-6-12)8-17-15(19)13-10-3-4-11(7-10)14(13)16(20)21/h1-6,10-11,13-14,18H,7-8H2,(H,17,19)(H,20,21)/t10?,11?,13-,14+/m0/s1. The lowest BCUT2D eigenvalue weighted by Gasteiger charge is -2.23. The number of fused-ring (bicyclic) bond motifs is 2. The Morgan fingerprint density at radius 3 is 2.33 bits per heavy atom. The molecule has 2 unspecified atom stereocenters. The van der Waals surface area contributed by atoms with Crippen LogP contribution in [-0.2, 0) is 16.1 Å². The number of carbonyl (C=O) groups is 2. The Morgan fingerprint density at radius 1 is 1.10 bits per heavy atom. The molecule has 1 aromatic rings. The summed E-state index contributed by atoms with van der Waals surface area (Å²) < 4.78 is 0. The number of amides is 1. The van der Waals surface area contributed by atoms with E-state index in [1.54, 1.807) is 24.3 Å². The van der Waals surface area contributed by atoms with E-state index in [1.807, 2.05) is 12.2 Å². The molecular weight excluding hydrogens is 270 g/mol. The molecule has 1 fully saturated rings. The average Bonchev–Trinajstić information content (AvgIpc) is 3.06. The zero-order chi connectivity index (χ0) is 15.0. The maximum absolute atomic E-state index is 12.3. The molecule has 1 saturated carbocycles. The quantitative estimate of drug-likeness (QED) is 0.733. The van der Waals surface area contributed by atoms with Crippen LogP contribution < -0.4 is 5.32 Å². The Morgan fingerprint density at radius 2 is 1.71 bits per heavy atom. The second-order valence-electron chi connectivity index (χ2n) is 5.72. The summed E-state index contributed by atoms with van der Waals surface area (Å²) in [4.78, 5) is 23.7. The predicted molar refractivity (Wildman–Crippen MR) is 75.3 cm³/mol. The van der Waals surface area contributed by atoms with Crippen LogP contribution in [0.25, 0.3) is 0 Å². The third kappa shape index (κ3) is 2.51. The minimum atomic E-state index is -0.892. The van der Waals surface area contributed by atoms with E-state index in [9.17, 15) is 19.8 Å². The maximum atomic E-state index is 12.3. The highest BCUT2D eigenvalue weighted by atomic mass is 16.4. The van der Waals surface area contributed by atoms with Crippen LogP contribution in [-0.4, -0.2) is 22.1 Å². The van der Waals surface area contributed by atoms with Gasteiger partial charge in [0.15, 0.2) is 0 Å². The summed E-state index contributed by atoms with van der Waals surface area (Å²) in [5, 5.41) is 21.4. The molecular formula is C16H17NO4. The van der Waals surface area contributed by atoms with Crippen molar-refractivity contribution < 1.29 is 19.8 Å². The number of carboxylic acid groups (broad SMARTS) is 1. The molecule has 2 aliphatic carbocycles. The van der Waals surface area contributed by atoms with Gasteiger partial charge in [0.25, 0.3) is 0 Å². The molecule has 110 valence electrons. The summed E-state index contributed by atoms with van der Waals surface area (Å²) in [7, 11) is 0. The number of aromatic hydroxyl groups is 1. The molecule has 21 heavy (non-hydrogen) atoms. The Bertz CT molecular complexity index is 593. The SMILES string of the molecule is O=C(O)[C@@H]1C2C=CC(C2)[C@@H]1C(=O)NCc1ccc(O)cc1. The van der Waals surface area contributed by atoms with Gasteiger partial charge in [-0.05, 0) is 36.0 Å². The van der Waals surface area contributed by atoms with Gasteiger partial charge < -0.3 is 15.5 Å². The number of phenols is 1. The molecule has 3 N–H and O–H groups in total. The van der Waals surface area contributed by atoms with Crippen LogP contribution >= 0.6 is 0 Å². The predicted octanol–water partition coefficient (Wildman–Crippen LogP) is 1.53. The van der Waals surface area contributed by atoms with Crippen LogP contribution in [0.15, 0.2) is 36.4 Å². The lowest BCUT2D eigenvalue weighted by molar-refractivity contribution is -0.147. The smallest absolute Gasteiger partial charge is 0.307 e. The molecule has 4 atom stereocenters. The van der Waals surface area contributed by atoms with Crippen molar-refractivity contribution in [3.63, 3.8) is 0 Å². The van der Waals surface area contributed by atoms with Gasteiger partial charge in [-0.25, -0.2) is 0 Å². The van der Waals surface area contributed by atoms with Crippen LogP contribution in [0, 0.1) is 23.7 Å². The number of rotatable bonds is 4. The van der Waals surface area contributed by atoms with Crippen LogP contribution in [0.1, 0.15) is 12.0 Å². The lowest BCUT2D eigenvalue weighted by atomic mass is 9.82. The van der Waals surface area contributed by atoms with Gasteiger partial charge in [0.1, 0.15) is 5.75 Å². The summed E-state index contributed by atoms with van der Waals surface area (Å²) >= 11 is 0. The largest absolute Gasteiger partial charge is 0.508 e. The van der Waals surface area contributed by atoms with Crippen molar-refractivity contribution >= 4 is 11.9 Å². The number of carboxylic acids is 1. The fourth-order valence-electron chi connectivity index (χ4n) is 3.44. The van der Waals surface area contributed by atoms with E-state index in [4.69, 9.17) is 0 Å². The highest BCUT2D eigenvalue weighted by molar-refractivity contribution is 5.86. The van der Waals surface area contributed by atoms with Crippen LogP contribution in [0.4, 0.5) is 0 Å².